The van der Waals surface area contributed by atoms with Gasteiger partial charge in [0.15, 0.2) is 0 Å². The van der Waals surface area contributed by atoms with Gasteiger partial charge in [-0.2, -0.15) is 0 Å². The second kappa shape index (κ2) is 7.65. The minimum absolute atomic E-state index is 0.0642. The lowest BCUT2D eigenvalue weighted by atomic mass is 10.1. The Labute approximate surface area is 158 Å². The zero-order chi connectivity index (χ0) is 19.6. The number of fused-ring (bicyclic) bond motifs is 1. The van der Waals surface area contributed by atoms with Crippen molar-refractivity contribution in [2.24, 2.45) is 0 Å². The Balaban J connectivity index is 2.00. The van der Waals surface area contributed by atoms with Crippen LogP contribution in [0.4, 0.5) is 5.95 Å². The van der Waals surface area contributed by atoms with Crippen LogP contribution in [0.25, 0.3) is 11.0 Å². The first-order valence-corrected chi connectivity index (χ1v) is 8.96. The molecule has 1 amide bonds. The summed E-state index contributed by atoms with van der Waals surface area (Å²) in [5.41, 5.74) is 5.58. The topological polar surface area (TPSA) is 92.1 Å². The number of aromatic nitrogens is 3. The van der Waals surface area contributed by atoms with Crippen molar-refractivity contribution in [3.8, 4) is 5.75 Å². The van der Waals surface area contributed by atoms with Gasteiger partial charge >= 0.3 is 0 Å². The number of anilines is 1. The van der Waals surface area contributed by atoms with Crippen molar-refractivity contribution in [1.82, 2.24) is 19.9 Å². The molecule has 0 fully saturated rings. The van der Waals surface area contributed by atoms with Gasteiger partial charge in [-0.05, 0) is 50.1 Å². The van der Waals surface area contributed by atoms with Crippen molar-refractivity contribution in [2.75, 3.05) is 18.4 Å². The highest BCUT2D eigenvalue weighted by atomic mass is 16.3. The smallest absolute Gasteiger partial charge is 0.216 e. The van der Waals surface area contributed by atoms with Crippen molar-refractivity contribution >= 4 is 22.9 Å². The van der Waals surface area contributed by atoms with E-state index in [2.05, 4.69) is 34.7 Å². The monoisotopic (exact) mass is 367 g/mol. The van der Waals surface area contributed by atoms with Crippen LogP contribution in [0.3, 0.4) is 0 Å². The highest BCUT2D eigenvalue weighted by Crippen LogP contribution is 2.27. The number of nitrogens with zero attached hydrogens (tertiary/aromatic N) is 3. The molecule has 0 aliphatic heterocycles. The largest absolute Gasteiger partial charge is 0.506 e. The van der Waals surface area contributed by atoms with Crippen LogP contribution >= 0.6 is 0 Å². The Morgan fingerprint density at radius 2 is 1.93 bits per heavy atom. The molecule has 7 heteroatoms. The molecule has 0 radical (unpaired) electrons. The number of carbonyl (C=O) groups is 1. The van der Waals surface area contributed by atoms with Crippen molar-refractivity contribution in [1.29, 1.82) is 0 Å². The molecule has 142 valence electrons. The minimum atomic E-state index is -0.0642. The zero-order valence-electron chi connectivity index (χ0n) is 16.1. The number of pyridine rings is 1. The summed E-state index contributed by atoms with van der Waals surface area (Å²) in [4.78, 5) is 20.3. The lowest BCUT2D eigenvalue weighted by molar-refractivity contribution is -0.118. The van der Waals surface area contributed by atoms with Gasteiger partial charge in [0.1, 0.15) is 11.4 Å². The van der Waals surface area contributed by atoms with Crippen molar-refractivity contribution < 1.29 is 9.90 Å². The molecular formula is C20H25N5O2. The van der Waals surface area contributed by atoms with Gasteiger partial charge in [0, 0.05) is 25.7 Å². The fraction of sp³-hybridized carbons (Fsp3) is 0.350. The number of aryl methyl sites for hydroxylation is 3. The molecule has 3 aromatic rings. The molecule has 0 atom stereocenters. The van der Waals surface area contributed by atoms with Crippen LogP contribution < -0.4 is 10.6 Å². The van der Waals surface area contributed by atoms with E-state index >= 15 is 0 Å². The lowest BCUT2D eigenvalue weighted by Gasteiger charge is -2.12. The van der Waals surface area contributed by atoms with Crippen LogP contribution in [-0.4, -0.2) is 38.6 Å². The second-order valence-corrected chi connectivity index (χ2v) is 6.80. The summed E-state index contributed by atoms with van der Waals surface area (Å²) >= 11 is 0. The normalized spacial score (nSPS) is 11.0. The van der Waals surface area contributed by atoms with Crippen LogP contribution in [0.2, 0.25) is 0 Å². The van der Waals surface area contributed by atoms with Gasteiger partial charge in [0.05, 0.1) is 17.6 Å². The quantitative estimate of drug-likeness (QED) is 0.583. The number of aromatic hydroxyl groups is 1. The van der Waals surface area contributed by atoms with E-state index in [0.717, 1.165) is 27.9 Å². The Kier molecular flexibility index (Phi) is 5.30. The Morgan fingerprint density at radius 3 is 2.67 bits per heavy atom. The van der Waals surface area contributed by atoms with Crippen LogP contribution in [0.5, 0.6) is 5.75 Å². The van der Waals surface area contributed by atoms with Gasteiger partial charge in [0.25, 0.3) is 0 Å². The standard InChI is InChI=1S/C20H25N5O2/c1-12-9-13(2)19-17(10-12)25(11-16-18(27)6-5-14(3)23-16)20(24-19)22-8-7-21-15(4)26/h5-6,9-10,27H,7-8,11H2,1-4H3,(H,21,26)(H,22,24). The van der Waals surface area contributed by atoms with E-state index in [9.17, 15) is 9.90 Å². The fourth-order valence-corrected chi connectivity index (χ4v) is 3.15. The summed E-state index contributed by atoms with van der Waals surface area (Å²) in [5, 5.41) is 16.3. The summed E-state index contributed by atoms with van der Waals surface area (Å²) < 4.78 is 2.02. The predicted molar refractivity (Wildman–Crippen MR) is 106 cm³/mol. The molecule has 2 heterocycles. The molecular weight excluding hydrogens is 342 g/mol. The van der Waals surface area contributed by atoms with Crippen LogP contribution in [0.15, 0.2) is 24.3 Å². The van der Waals surface area contributed by atoms with E-state index in [4.69, 9.17) is 4.98 Å². The van der Waals surface area contributed by atoms with Gasteiger partial charge in [-0.1, -0.05) is 6.07 Å². The highest BCUT2D eigenvalue weighted by Gasteiger charge is 2.15. The van der Waals surface area contributed by atoms with Crippen molar-refractivity contribution in [3.63, 3.8) is 0 Å². The molecule has 0 bridgehead atoms. The maximum atomic E-state index is 11.1. The number of hydrogen-bond acceptors (Lipinski definition) is 5. The maximum absolute atomic E-state index is 11.1. The average Bonchev–Trinajstić information content (AvgIpc) is 2.93. The Morgan fingerprint density at radius 1 is 1.15 bits per heavy atom. The van der Waals surface area contributed by atoms with Crippen LogP contribution in [-0.2, 0) is 11.3 Å². The number of rotatable bonds is 6. The van der Waals surface area contributed by atoms with Gasteiger partial charge in [-0.15, -0.1) is 0 Å². The van der Waals surface area contributed by atoms with E-state index in [1.165, 1.54) is 6.92 Å². The molecule has 2 aromatic heterocycles. The zero-order valence-corrected chi connectivity index (χ0v) is 16.1. The average molecular weight is 367 g/mol. The molecule has 0 spiro atoms. The van der Waals surface area contributed by atoms with Gasteiger partial charge < -0.3 is 20.3 Å². The SMILES string of the molecule is CC(=O)NCCNc1nc2c(C)cc(C)cc2n1Cc1nc(C)ccc1O. The summed E-state index contributed by atoms with van der Waals surface area (Å²) in [6, 6.07) is 7.63. The molecule has 0 aliphatic rings. The number of benzene rings is 1. The van der Waals surface area contributed by atoms with Gasteiger partial charge in [0.2, 0.25) is 11.9 Å². The maximum Gasteiger partial charge on any atom is 0.216 e. The fourth-order valence-electron chi connectivity index (χ4n) is 3.15. The van der Waals surface area contributed by atoms with E-state index in [1.54, 1.807) is 12.1 Å². The minimum Gasteiger partial charge on any atom is -0.506 e. The molecule has 27 heavy (non-hydrogen) atoms. The predicted octanol–water partition coefficient (Wildman–Crippen LogP) is 2.66. The molecule has 1 aromatic carbocycles. The molecule has 0 aliphatic carbocycles. The second-order valence-electron chi connectivity index (χ2n) is 6.80. The highest BCUT2D eigenvalue weighted by molar-refractivity contribution is 5.83. The third kappa shape index (κ3) is 4.19. The number of hydrogen-bond donors (Lipinski definition) is 3. The van der Waals surface area contributed by atoms with E-state index in [0.29, 0.717) is 31.3 Å². The van der Waals surface area contributed by atoms with Gasteiger partial charge in [-0.3, -0.25) is 9.78 Å². The number of nitrogens with one attached hydrogen (secondary N) is 2. The van der Waals surface area contributed by atoms with Gasteiger partial charge in [-0.25, -0.2) is 4.98 Å². The van der Waals surface area contributed by atoms with E-state index in [1.807, 2.05) is 18.4 Å². The van der Waals surface area contributed by atoms with Crippen LogP contribution in [0.1, 0.15) is 29.4 Å². The number of carbonyl (C=O) groups excluding carboxylic acids is 1. The first-order chi connectivity index (χ1) is 12.8. The molecule has 7 nitrogen and oxygen atoms in total. The first kappa shape index (κ1) is 18.7. The third-order valence-corrected chi connectivity index (χ3v) is 4.37. The molecule has 0 unspecified atom stereocenters. The number of amides is 1. The first-order valence-electron chi connectivity index (χ1n) is 8.96. The summed E-state index contributed by atoms with van der Waals surface area (Å²) in [5.74, 6) is 0.786. The van der Waals surface area contributed by atoms with Crippen molar-refractivity contribution in [2.45, 2.75) is 34.2 Å². The summed E-state index contributed by atoms with van der Waals surface area (Å²) in [6.07, 6.45) is 0. The molecule has 0 saturated heterocycles. The van der Waals surface area contributed by atoms with Crippen molar-refractivity contribution in [3.05, 3.63) is 46.8 Å². The van der Waals surface area contributed by atoms with E-state index < -0.39 is 0 Å². The lowest BCUT2D eigenvalue weighted by Crippen LogP contribution is -2.27. The van der Waals surface area contributed by atoms with Crippen LogP contribution in [0, 0.1) is 20.8 Å². The number of imidazole rings is 1. The van der Waals surface area contributed by atoms with E-state index in [-0.39, 0.29) is 11.7 Å². The third-order valence-electron chi connectivity index (χ3n) is 4.37. The Bertz CT molecular complexity index is 994. The summed E-state index contributed by atoms with van der Waals surface area (Å²) in [7, 11) is 0. The molecule has 0 saturated carbocycles. The molecule has 3 N–H and O–H groups in total. The Hall–Kier alpha value is -3.09. The molecule has 3 rings (SSSR count). The summed E-state index contributed by atoms with van der Waals surface area (Å²) in [6.45, 7) is 8.93.